The van der Waals surface area contributed by atoms with Crippen molar-refractivity contribution in [2.75, 3.05) is 6.54 Å². The van der Waals surface area contributed by atoms with E-state index in [9.17, 15) is 40.9 Å². The van der Waals surface area contributed by atoms with E-state index in [0.717, 1.165) is 69.8 Å². The summed E-state index contributed by atoms with van der Waals surface area (Å²) in [6.07, 6.45) is 15.6. The molecule has 0 aromatic carbocycles. The van der Waals surface area contributed by atoms with Crippen molar-refractivity contribution in [3.8, 4) is 0 Å². The lowest BCUT2D eigenvalue weighted by Crippen LogP contribution is -2.74. The number of fused-ring (bicyclic) bond motifs is 5. The molecule has 6 saturated carbocycles. The summed E-state index contributed by atoms with van der Waals surface area (Å²) in [6.45, 7) is 5.59. The highest BCUT2D eigenvalue weighted by Crippen LogP contribution is 2.77. The SMILES string of the molecule is CCC[C@H]1CC[C@H]2[C@@H]3[C@H](O)CCC[C@](O)([C@](C)(O)[C@H]4CC[C@@]5(O)C6=C(NC[C@H](C)O)C(=O)[C@@H]7C[C@@H](O)[C@@H](O)C[C@@]78C[C@@H](C7=CNC(N)C=C7)C=C[C@@](O)(C[C@]45C4CCCC4)[C@@H]68)[C@@H]3O[C@@H]2CC1. The van der Waals surface area contributed by atoms with Crippen LogP contribution in [0.3, 0.4) is 0 Å². The van der Waals surface area contributed by atoms with Crippen molar-refractivity contribution in [3.63, 3.8) is 0 Å². The molecule has 368 valence electrons. The molecule has 2 heterocycles. The largest absolute Gasteiger partial charge is 0.393 e. The van der Waals surface area contributed by atoms with E-state index in [-0.39, 0.29) is 86.1 Å². The number of aliphatic hydroxyl groups is 8. The summed E-state index contributed by atoms with van der Waals surface area (Å²) in [5, 5.41) is 109. The van der Waals surface area contributed by atoms with Gasteiger partial charge in [-0.05, 0) is 150 Å². The average molecular weight is 920 g/mol. The number of hydrogen-bond donors (Lipinski definition) is 11. The van der Waals surface area contributed by atoms with Crippen LogP contribution in [0.25, 0.3) is 0 Å². The fourth-order valence-corrected chi connectivity index (χ4v) is 17.8. The second-order valence-corrected chi connectivity index (χ2v) is 23.9. The number of ether oxygens (including phenoxy) is 1. The van der Waals surface area contributed by atoms with Gasteiger partial charge in [0.2, 0.25) is 0 Å². The highest BCUT2D eigenvalue weighted by atomic mass is 16.5. The van der Waals surface area contributed by atoms with Crippen LogP contribution >= 0.6 is 0 Å². The van der Waals surface area contributed by atoms with Crippen molar-refractivity contribution in [2.24, 2.45) is 63.9 Å². The number of nitrogens with one attached hydrogen (secondary N) is 2. The third kappa shape index (κ3) is 6.92. The Morgan fingerprint density at radius 1 is 0.955 bits per heavy atom. The van der Waals surface area contributed by atoms with Gasteiger partial charge in [-0.3, -0.25) is 4.79 Å². The number of carbonyl (C=O) groups is 1. The molecule has 0 aromatic rings. The van der Waals surface area contributed by atoms with Crippen molar-refractivity contribution in [2.45, 2.75) is 208 Å². The standard InChI is InChI=1S/C53H81N3O10/c1-4-8-30-12-15-34-39(16-13-30)66-47-42(34)36(58)11-7-20-53(47,65)48(3,62)40-19-22-52(64)43-44(56-26-29(2)57)45(61)35-23-37(59)38(60)25-49(35)24-31(32-14-17-41(54)55-27-32)18-21-50(63,46(43)49)28-51(40,52)33-9-5-6-10-33/h14,17-18,21,27,29-31,33-42,46-47,55-60,62-65H,4-13,15-16,19-20,22-26,28,54H2,1-3H3/t29-,30-,31-,34+,35-,36+,37+,38-,39+,40+,41?,42+,46-,47+,48+,49-,50+,51-,52+,53+/m0/s1. The normalized spacial score (nSPS) is 50.3. The van der Waals surface area contributed by atoms with Gasteiger partial charge in [0.05, 0.1) is 65.3 Å². The van der Waals surface area contributed by atoms with Gasteiger partial charge in [0.1, 0.15) is 5.60 Å². The number of allylic oxidation sites excluding steroid dienone is 4. The van der Waals surface area contributed by atoms with Gasteiger partial charge >= 0.3 is 0 Å². The molecule has 8 aliphatic carbocycles. The van der Waals surface area contributed by atoms with E-state index in [1.165, 1.54) is 0 Å². The Morgan fingerprint density at radius 2 is 1.71 bits per heavy atom. The van der Waals surface area contributed by atoms with Crippen LogP contribution in [0, 0.1) is 58.2 Å². The monoisotopic (exact) mass is 920 g/mol. The van der Waals surface area contributed by atoms with Crippen molar-refractivity contribution in [1.29, 1.82) is 0 Å². The molecule has 66 heavy (non-hydrogen) atoms. The maximum Gasteiger partial charge on any atom is 0.182 e. The van der Waals surface area contributed by atoms with Crippen LogP contribution in [-0.2, 0) is 9.53 Å². The minimum absolute atomic E-state index is 0.000349. The lowest BCUT2D eigenvalue weighted by atomic mass is 9.38. The second-order valence-electron chi connectivity index (χ2n) is 23.9. The predicted octanol–water partition coefficient (Wildman–Crippen LogP) is 3.90. The van der Waals surface area contributed by atoms with Gasteiger partial charge in [0, 0.05) is 41.8 Å². The highest BCUT2D eigenvalue weighted by Gasteiger charge is 2.80. The summed E-state index contributed by atoms with van der Waals surface area (Å²) < 4.78 is 7.09. The number of dihydropyridines is 1. The molecule has 0 aromatic heterocycles. The van der Waals surface area contributed by atoms with Gasteiger partial charge in [0.15, 0.2) is 5.78 Å². The molecule has 1 unspecified atom stereocenters. The van der Waals surface area contributed by atoms with Crippen molar-refractivity contribution >= 4 is 5.78 Å². The molecule has 2 aliphatic heterocycles. The Hall–Kier alpha value is -2.17. The van der Waals surface area contributed by atoms with Crippen molar-refractivity contribution in [3.05, 3.63) is 47.3 Å². The number of nitrogens with two attached hydrogens (primary N) is 1. The van der Waals surface area contributed by atoms with Crippen LogP contribution in [0.5, 0.6) is 0 Å². The maximum absolute atomic E-state index is 15.7. The molecule has 1 saturated heterocycles. The molecule has 12 N–H and O–H groups in total. The Balaban J connectivity index is 1.15. The maximum atomic E-state index is 15.7. The first kappa shape index (κ1) is 47.5. The van der Waals surface area contributed by atoms with Gasteiger partial charge in [-0.1, -0.05) is 57.3 Å². The number of rotatable bonds is 9. The summed E-state index contributed by atoms with van der Waals surface area (Å²) in [5.41, 5.74) is -1.96. The fraction of sp³-hybridized carbons (Fsp3) is 0.830. The molecule has 13 heteroatoms. The molecular weight excluding hydrogens is 839 g/mol. The minimum Gasteiger partial charge on any atom is -0.393 e. The zero-order chi connectivity index (χ0) is 46.8. The molecule has 10 rings (SSSR count). The van der Waals surface area contributed by atoms with Crippen molar-refractivity contribution in [1.82, 2.24) is 10.6 Å². The fourth-order valence-electron chi connectivity index (χ4n) is 17.8. The molecular formula is C53H81N3O10. The van der Waals surface area contributed by atoms with E-state index in [4.69, 9.17) is 10.5 Å². The highest BCUT2D eigenvalue weighted by molar-refractivity contribution is 6.00. The molecule has 10 aliphatic rings. The average Bonchev–Trinajstić information content (AvgIpc) is 3.94. The molecule has 7 fully saturated rings. The Morgan fingerprint density at radius 3 is 2.42 bits per heavy atom. The predicted molar refractivity (Wildman–Crippen MR) is 248 cm³/mol. The number of Topliss-reactive ketones (excluding diaryl/α,β-unsaturated/α-hetero) is 1. The lowest BCUT2D eigenvalue weighted by molar-refractivity contribution is -0.274. The van der Waals surface area contributed by atoms with E-state index in [0.29, 0.717) is 37.2 Å². The first-order chi connectivity index (χ1) is 31.3. The first-order valence-corrected chi connectivity index (χ1v) is 26.2. The van der Waals surface area contributed by atoms with Crippen molar-refractivity contribution < 1.29 is 50.4 Å². The van der Waals surface area contributed by atoms with Crippen LogP contribution in [0.2, 0.25) is 0 Å². The molecule has 1 spiro atoms. The molecule has 13 nitrogen and oxygen atoms in total. The zero-order valence-corrected chi connectivity index (χ0v) is 39.7. The van der Waals surface area contributed by atoms with E-state index >= 15 is 4.79 Å². The summed E-state index contributed by atoms with van der Waals surface area (Å²) >= 11 is 0. The molecule has 0 amide bonds. The lowest BCUT2D eigenvalue weighted by Gasteiger charge is -2.68. The Kier molecular flexibility index (Phi) is 12.2. The van der Waals surface area contributed by atoms with Gasteiger partial charge in [0.25, 0.3) is 0 Å². The summed E-state index contributed by atoms with van der Waals surface area (Å²) in [4.78, 5) is 15.7. The quantitative estimate of drug-likeness (QED) is 0.148. The third-order valence-electron chi connectivity index (χ3n) is 20.5. The number of hydrogen-bond acceptors (Lipinski definition) is 13. The Labute approximate surface area is 391 Å². The van der Waals surface area contributed by atoms with Gasteiger partial charge in [-0.2, -0.15) is 0 Å². The van der Waals surface area contributed by atoms with Crippen LogP contribution in [0.4, 0.5) is 0 Å². The topological polar surface area (TPSA) is 238 Å². The van der Waals surface area contributed by atoms with Crippen LogP contribution in [0.1, 0.15) is 143 Å². The van der Waals surface area contributed by atoms with Gasteiger partial charge < -0.3 is 62.0 Å². The number of ketones is 1. The molecule has 20 atom stereocenters. The van der Waals surface area contributed by atoms with E-state index in [2.05, 4.69) is 17.6 Å². The molecule has 0 radical (unpaired) electrons. The van der Waals surface area contributed by atoms with E-state index in [1.807, 2.05) is 30.5 Å². The number of carbonyl (C=O) groups excluding carboxylic acids is 1. The Bertz CT molecular complexity index is 2000. The summed E-state index contributed by atoms with van der Waals surface area (Å²) in [7, 11) is 0. The smallest absolute Gasteiger partial charge is 0.182 e. The molecule has 0 bridgehead atoms. The van der Waals surface area contributed by atoms with Gasteiger partial charge in [-0.15, -0.1) is 0 Å². The second kappa shape index (κ2) is 17.0. The summed E-state index contributed by atoms with van der Waals surface area (Å²) in [6, 6.07) is 0. The van der Waals surface area contributed by atoms with E-state index < -0.39 is 81.5 Å². The van der Waals surface area contributed by atoms with E-state index in [1.54, 1.807) is 13.8 Å². The van der Waals surface area contributed by atoms with Gasteiger partial charge in [-0.25, -0.2) is 0 Å². The van der Waals surface area contributed by atoms with Crippen LogP contribution < -0.4 is 16.4 Å². The third-order valence-corrected chi connectivity index (χ3v) is 20.5. The van der Waals surface area contributed by atoms with Crippen LogP contribution in [0.15, 0.2) is 47.3 Å². The zero-order valence-electron chi connectivity index (χ0n) is 39.7. The number of aliphatic hydroxyl groups excluding tert-OH is 4. The summed E-state index contributed by atoms with van der Waals surface area (Å²) in [5.74, 6) is -3.07. The van der Waals surface area contributed by atoms with Crippen LogP contribution in [-0.4, -0.2) is 118 Å². The minimum atomic E-state index is -1.89. The first-order valence-electron chi connectivity index (χ1n) is 26.2.